The number of likely N-dealkylation sites (tertiary alicyclic amines) is 1. The van der Waals surface area contributed by atoms with Crippen molar-refractivity contribution in [2.45, 2.75) is 35.8 Å². The molecule has 1 saturated heterocycles. The van der Waals surface area contributed by atoms with Crippen molar-refractivity contribution in [2.75, 3.05) is 13.1 Å². The molecule has 148 valence electrons. The lowest BCUT2D eigenvalue weighted by Gasteiger charge is -2.43. The first-order valence-corrected chi connectivity index (χ1v) is 9.92. The lowest BCUT2D eigenvalue weighted by atomic mass is 10.1. The van der Waals surface area contributed by atoms with Gasteiger partial charge in [-0.3, -0.25) is 4.90 Å². The number of carboxylic acids is 2. The van der Waals surface area contributed by atoms with Gasteiger partial charge in [-0.15, -0.1) is 0 Å². The number of hydrogen-bond acceptors (Lipinski definition) is 5. The van der Waals surface area contributed by atoms with Gasteiger partial charge in [0.1, 0.15) is 4.93 Å². The molecule has 0 unspecified atom stereocenters. The largest absolute Gasteiger partial charge is 0.473 e. The molecule has 0 aliphatic carbocycles. The Morgan fingerprint density at radius 2 is 1.57 bits per heavy atom. The summed E-state index contributed by atoms with van der Waals surface area (Å²) in [4.78, 5) is 22.2. The first-order chi connectivity index (χ1) is 13.5. The summed E-state index contributed by atoms with van der Waals surface area (Å²) in [6.07, 6.45) is 2.22. The van der Waals surface area contributed by atoms with E-state index in [9.17, 15) is 0 Å². The first-order valence-electron chi connectivity index (χ1n) is 9.11. The second kappa shape index (κ2) is 9.23. The van der Waals surface area contributed by atoms with Crippen LogP contribution in [0.1, 0.15) is 24.0 Å². The molecule has 0 saturated carbocycles. The minimum atomic E-state index is -1.82. The van der Waals surface area contributed by atoms with Crippen molar-refractivity contribution in [3.63, 3.8) is 0 Å². The third-order valence-corrected chi connectivity index (χ3v) is 6.33. The number of hydrogen-bond donors (Lipinski definition) is 2. The smallest absolute Gasteiger partial charge is 0.414 e. The van der Waals surface area contributed by atoms with Gasteiger partial charge in [-0.1, -0.05) is 60.3 Å². The summed E-state index contributed by atoms with van der Waals surface area (Å²) in [5.41, 5.74) is 2.74. The highest BCUT2D eigenvalue weighted by atomic mass is 32.2. The lowest BCUT2D eigenvalue weighted by Crippen LogP contribution is -2.44. The van der Waals surface area contributed by atoms with Gasteiger partial charge >= 0.3 is 11.9 Å². The zero-order valence-corrected chi connectivity index (χ0v) is 16.2. The standard InChI is InChI=1S/C19H21NOS.C2H2O4/c1-2-6-16(7-3-1)14-20-12-10-19(11-13-20)21-15-17-8-4-5-9-18(17)22-19;3-1(4)2(5)6/h1-9H,10-15H2;(H,3,4)(H,5,6). The maximum atomic E-state index is 9.10. The predicted molar refractivity (Wildman–Crippen MR) is 106 cm³/mol. The Bertz CT molecular complexity index is 807. The number of aliphatic carboxylic acids is 2. The van der Waals surface area contributed by atoms with Gasteiger partial charge in [0.2, 0.25) is 0 Å². The molecule has 0 atom stereocenters. The van der Waals surface area contributed by atoms with Crippen LogP contribution in [0.4, 0.5) is 0 Å². The highest BCUT2D eigenvalue weighted by Crippen LogP contribution is 2.47. The number of piperidine rings is 1. The average molecular weight is 401 g/mol. The highest BCUT2D eigenvalue weighted by molar-refractivity contribution is 8.00. The van der Waals surface area contributed by atoms with Gasteiger partial charge in [0, 0.05) is 24.5 Å². The van der Waals surface area contributed by atoms with E-state index in [-0.39, 0.29) is 4.93 Å². The van der Waals surface area contributed by atoms with E-state index in [2.05, 4.69) is 59.5 Å². The molecule has 28 heavy (non-hydrogen) atoms. The van der Waals surface area contributed by atoms with Crippen molar-refractivity contribution in [2.24, 2.45) is 0 Å². The Hall–Kier alpha value is -2.35. The van der Waals surface area contributed by atoms with E-state index in [1.165, 1.54) is 16.0 Å². The van der Waals surface area contributed by atoms with Crippen molar-refractivity contribution in [1.29, 1.82) is 0 Å². The van der Waals surface area contributed by atoms with Crippen LogP contribution in [-0.4, -0.2) is 45.1 Å². The summed E-state index contributed by atoms with van der Waals surface area (Å²) in [7, 11) is 0. The Kier molecular flexibility index (Phi) is 6.72. The third-order valence-electron chi connectivity index (χ3n) is 4.81. The summed E-state index contributed by atoms with van der Waals surface area (Å²) >= 11 is 1.94. The van der Waals surface area contributed by atoms with E-state index in [4.69, 9.17) is 24.5 Å². The van der Waals surface area contributed by atoms with Crippen LogP contribution in [0.15, 0.2) is 59.5 Å². The first kappa shape index (κ1) is 20.4. The van der Waals surface area contributed by atoms with Crippen LogP contribution in [0.3, 0.4) is 0 Å². The van der Waals surface area contributed by atoms with E-state index in [0.717, 1.165) is 39.1 Å². The molecule has 0 amide bonds. The molecule has 7 heteroatoms. The van der Waals surface area contributed by atoms with Crippen molar-refractivity contribution in [1.82, 2.24) is 4.90 Å². The van der Waals surface area contributed by atoms with Crippen molar-refractivity contribution >= 4 is 23.7 Å². The molecule has 1 fully saturated rings. The molecule has 0 aromatic heterocycles. The van der Waals surface area contributed by atoms with Crippen LogP contribution in [0, 0.1) is 0 Å². The Labute approximate surface area is 168 Å². The summed E-state index contributed by atoms with van der Waals surface area (Å²) in [6.45, 7) is 4.05. The molecule has 0 bridgehead atoms. The third kappa shape index (κ3) is 5.34. The number of rotatable bonds is 2. The topological polar surface area (TPSA) is 87.1 Å². The summed E-state index contributed by atoms with van der Waals surface area (Å²) in [5.74, 6) is -3.65. The quantitative estimate of drug-likeness (QED) is 0.745. The molecule has 1 spiro atoms. The average Bonchev–Trinajstić information content (AvgIpc) is 2.71. The molecule has 0 radical (unpaired) electrons. The number of ether oxygens (including phenoxy) is 1. The van der Waals surface area contributed by atoms with Crippen LogP contribution in [-0.2, 0) is 27.5 Å². The second-order valence-corrected chi connectivity index (χ2v) is 8.17. The lowest BCUT2D eigenvalue weighted by molar-refractivity contribution is -0.159. The molecule has 2 aliphatic heterocycles. The zero-order valence-electron chi connectivity index (χ0n) is 15.4. The monoisotopic (exact) mass is 401 g/mol. The fourth-order valence-corrected chi connectivity index (χ4v) is 4.61. The van der Waals surface area contributed by atoms with Crippen LogP contribution >= 0.6 is 11.8 Å². The Morgan fingerprint density at radius 1 is 0.964 bits per heavy atom. The van der Waals surface area contributed by atoms with E-state index >= 15 is 0 Å². The second-order valence-electron chi connectivity index (χ2n) is 6.78. The Morgan fingerprint density at radius 3 is 2.21 bits per heavy atom. The van der Waals surface area contributed by atoms with Crippen LogP contribution in [0.2, 0.25) is 0 Å². The number of thioether (sulfide) groups is 1. The van der Waals surface area contributed by atoms with Gasteiger partial charge < -0.3 is 14.9 Å². The van der Waals surface area contributed by atoms with Gasteiger partial charge in [-0.2, -0.15) is 0 Å². The van der Waals surface area contributed by atoms with Gasteiger partial charge in [-0.25, -0.2) is 9.59 Å². The zero-order chi connectivity index (χ0) is 20.0. The molecular formula is C21H23NO5S. The fourth-order valence-electron chi connectivity index (χ4n) is 3.30. The molecule has 2 aliphatic rings. The SMILES string of the molecule is O=C(O)C(=O)O.c1ccc(CN2CCC3(CC2)OCc2ccccc2S3)cc1. The van der Waals surface area contributed by atoms with Crippen LogP contribution in [0.5, 0.6) is 0 Å². The number of nitrogens with zero attached hydrogens (tertiary/aromatic N) is 1. The summed E-state index contributed by atoms with van der Waals surface area (Å²) < 4.78 is 6.27. The number of carboxylic acid groups (broad SMARTS) is 2. The van der Waals surface area contributed by atoms with Crippen LogP contribution < -0.4 is 0 Å². The van der Waals surface area contributed by atoms with E-state index < -0.39 is 11.9 Å². The number of fused-ring (bicyclic) bond motifs is 1. The number of benzene rings is 2. The molecular weight excluding hydrogens is 378 g/mol. The minimum Gasteiger partial charge on any atom is -0.473 e. The normalized spacial score (nSPS) is 17.9. The van der Waals surface area contributed by atoms with Crippen molar-refractivity contribution < 1.29 is 24.5 Å². The van der Waals surface area contributed by atoms with E-state index in [1.807, 2.05) is 11.8 Å². The van der Waals surface area contributed by atoms with Crippen LogP contribution in [0.25, 0.3) is 0 Å². The number of carbonyl (C=O) groups is 2. The molecule has 2 aromatic carbocycles. The fraction of sp³-hybridized carbons (Fsp3) is 0.333. The summed E-state index contributed by atoms with van der Waals surface area (Å²) in [5, 5.41) is 14.8. The van der Waals surface area contributed by atoms with Gasteiger partial charge in [-0.05, 0) is 30.0 Å². The minimum absolute atomic E-state index is 0.00153. The molecule has 6 nitrogen and oxygen atoms in total. The Balaban J connectivity index is 0.000000330. The maximum Gasteiger partial charge on any atom is 0.414 e. The van der Waals surface area contributed by atoms with Gasteiger partial charge in [0.05, 0.1) is 6.61 Å². The highest BCUT2D eigenvalue weighted by Gasteiger charge is 2.39. The predicted octanol–water partition coefficient (Wildman–Crippen LogP) is 3.46. The van der Waals surface area contributed by atoms with Crippen molar-refractivity contribution in [3.8, 4) is 0 Å². The van der Waals surface area contributed by atoms with E-state index in [1.54, 1.807) is 0 Å². The van der Waals surface area contributed by atoms with Gasteiger partial charge in [0.15, 0.2) is 0 Å². The maximum absolute atomic E-state index is 9.10. The summed E-state index contributed by atoms with van der Waals surface area (Å²) in [6, 6.07) is 19.4. The molecule has 2 heterocycles. The van der Waals surface area contributed by atoms with E-state index in [0.29, 0.717) is 0 Å². The van der Waals surface area contributed by atoms with Crippen molar-refractivity contribution in [3.05, 3.63) is 65.7 Å². The molecule has 4 rings (SSSR count). The molecule has 2 aromatic rings. The molecule has 2 N–H and O–H groups in total. The van der Waals surface area contributed by atoms with Gasteiger partial charge in [0.25, 0.3) is 0 Å².